The molecule has 3 rings (SSSR count). The third-order valence-electron chi connectivity index (χ3n) is 3.81. The molecule has 0 bridgehead atoms. The molecule has 122 valence electrons. The maximum atomic E-state index is 13.0. The summed E-state index contributed by atoms with van der Waals surface area (Å²) in [4.78, 5) is 12.0. The number of hydrogen-bond acceptors (Lipinski definition) is 4. The predicted octanol–water partition coefficient (Wildman–Crippen LogP) is 2.03. The van der Waals surface area contributed by atoms with Gasteiger partial charge in [-0.25, -0.2) is 4.39 Å². The Hall–Kier alpha value is -2.41. The molecule has 2 aromatic rings. The molecule has 1 aliphatic heterocycles. The van der Waals surface area contributed by atoms with Gasteiger partial charge < -0.3 is 15.4 Å². The summed E-state index contributed by atoms with van der Waals surface area (Å²) >= 11 is 0. The Morgan fingerprint density at radius 3 is 3.17 bits per heavy atom. The average molecular weight is 318 g/mol. The van der Waals surface area contributed by atoms with Gasteiger partial charge in [0, 0.05) is 18.5 Å². The van der Waals surface area contributed by atoms with Gasteiger partial charge in [0.1, 0.15) is 11.6 Å². The van der Waals surface area contributed by atoms with Crippen LogP contribution in [-0.2, 0) is 4.79 Å². The highest BCUT2D eigenvalue weighted by atomic mass is 19.1. The fraction of sp³-hybridized carbons (Fsp3) is 0.375. The van der Waals surface area contributed by atoms with E-state index in [2.05, 4.69) is 20.8 Å². The number of benzene rings is 1. The first-order chi connectivity index (χ1) is 11.2. The van der Waals surface area contributed by atoms with E-state index < -0.39 is 0 Å². The molecule has 0 saturated carbocycles. The van der Waals surface area contributed by atoms with Gasteiger partial charge in [0.2, 0.25) is 5.91 Å². The molecule has 1 unspecified atom stereocenters. The van der Waals surface area contributed by atoms with E-state index in [4.69, 9.17) is 4.74 Å². The number of amides is 1. The lowest BCUT2D eigenvalue weighted by atomic mass is 10.0. The fourth-order valence-electron chi connectivity index (χ4n) is 2.64. The number of carbonyl (C=O) groups excluding carboxylic acids is 1. The summed E-state index contributed by atoms with van der Waals surface area (Å²) in [6, 6.07) is 5.86. The number of carbonyl (C=O) groups is 1. The summed E-state index contributed by atoms with van der Waals surface area (Å²) in [6.45, 7) is 2.04. The monoisotopic (exact) mass is 318 g/mol. The molecular formula is C16H19FN4O2. The van der Waals surface area contributed by atoms with Gasteiger partial charge in [0.05, 0.1) is 30.6 Å². The van der Waals surface area contributed by atoms with E-state index in [-0.39, 0.29) is 24.8 Å². The molecule has 1 aliphatic rings. The number of anilines is 1. The topological polar surface area (TPSA) is 79.0 Å². The van der Waals surface area contributed by atoms with Gasteiger partial charge in [0.15, 0.2) is 0 Å². The normalized spacial score (nSPS) is 17.2. The highest BCUT2D eigenvalue weighted by Gasteiger charge is 2.22. The molecule has 3 N–H and O–H groups in total. The molecule has 7 heteroatoms. The first-order valence-corrected chi connectivity index (χ1v) is 7.64. The molecule has 2 heterocycles. The zero-order valence-electron chi connectivity index (χ0n) is 12.6. The zero-order valence-corrected chi connectivity index (χ0v) is 12.6. The Morgan fingerprint density at radius 2 is 2.39 bits per heavy atom. The van der Waals surface area contributed by atoms with Crippen LogP contribution in [0.25, 0.3) is 0 Å². The van der Waals surface area contributed by atoms with Crippen molar-refractivity contribution in [2.45, 2.75) is 18.8 Å². The Bertz CT molecular complexity index is 668. The fourth-order valence-corrected chi connectivity index (χ4v) is 2.64. The van der Waals surface area contributed by atoms with E-state index in [0.29, 0.717) is 11.7 Å². The van der Waals surface area contributed by atoms with Crippen LogP contribution < -0.4 is 15.4 Å². The number of H-pyrrole nitrogens is 1. The van der Waals surface area contributed by atoms with Crippen molar-refractivity contribution >= 4 is 11.6 Å². The van der Waals surface area contributed by atoms with Crippen molar-refractivity contribution < 1.29 is 13.9 Å². The van der Waals surface area contributed by atoms with Gasteiger partial charge in [-0.05, 0) is 25.1 Å². The van der Waals surface area contributed by atoms with Crippen molar-refractivity contribution in [1.29, 1.82) is 0 Å². The molecule has 0 radical (unpaired) electrons. The molecular weight excluding hydrogens is 299 g/mol. The third kappa shape index (κ3) is 4.07. The van der Waals surface area contributed by atoms with Crippen molar-refractivity contribution in [3.8, 4) is 5.75 Å². The minimum Gasteiger partial charge on any atom is -0.493 e. The smallest absolute Gasteiger partial charge is 0.227 e. The molecule has 1 amide bonds. The van der Waals surface area contributed by atoms with Gasteiger partial charge in [-0.3, -0.25) is 9.89 Å². The van der Waals surface area contributed by atoms with Crippen LogP contribution in [0.3, 0.4) is 0 Å². The lowest BCUT2D eigenvalue weighted by Gasteiger charge is -2.10. The van der Waals surface area contributed by atoms with Crippen LogP contribution in [0.4, 0.5) is 10.1 Å². The molecule has 1 atom stereocenters. The molecule has 1 aromatic carbocycles. The number of aromatic nitrogens is 2. The lowest BCUT2D eigenvalue weighted by molar-refractivity contribution is -0.116. The first-order valence-electron chi connectivity index (χ1n) is 7.64. The van der Waals surface area contributed by atoms with Gasteiger partial charge in [-0.2, -0.15) is 5.10 Å². The Balaban J connectivity index is 1.49. The second-order valence-corrected chi connectivity index (χ2v) is 5.49. The predicted molar refractivity (Wildman–Crippen MR) is 84.0 cm³/mol. The summed E-state index contributed by atoms with van der Waals surface area (Å²) in [5.74, 6) is 0.241. The molecule has 1 fully saturated rings. The highest BCUT2D eigenvalue weighted by molar-refractivity contribution is 5.91. The maximum absolute atomic E-state index is 13.0. The van der Waals surface area contributed by atoms with Crippen LogP contribution >= 0.6 is 0 Å². The largest absolute Gasteiger partial charge is 0.493 e. The molecule has 6 nitrogen and oxygen atoms in total. The number of hydrogen-bond donors (Lipinski definition) is 3. The van der Waals surface area contributed by atoms with Crippen LogP contribution in [0.1, 0.15) is 24.5 Å². The molecule has 0 aliphatic carbocycles. The van der Waals surface area contributed by atoms with Gasteiger partial charge in [-0.15, -0.1) is 0 Å². The SMILES string of the molecule is O=C(CCOc1cccc(F)c1)Nc1cn[nH]c1C1CCNC1. The minimum absolute atomic E-state index is 0.157. The summed E-state index contributed by atoms with van der Waals surface area (Å²) in [5.41, 5.74) is 1.67. The number of aromatic amines is 1. The van der Waals surface area contributed by atoms with E-state index in [1.165, 1.54) is 12.1 Å². The van der Waals surface area contributed by atoms with Crippen molar-refractivity contribution in [3.05, 3.63) is 42.0 Å². The van der Waals surface area contributed by atoms with Gasteiger partial charge in [0.25, 0.3) is 0 Å². The second kappa shape index (κ2) is 7.23. The Kier molecular flexibility index (Phi) is 4.87. The second-order valence-electron chi connectivity index (χ2n) is 5.49. The maximum Gasteiger partial charge on any atom is 0.227 e. The van der Waals surface area contributed by atoms with E-state index in [1.54, 1.807) is 18.3 Å². The van der Waals surface area contributed by atoms with Crippen molar-refractivity contribution in [2.24, 2.45) is 0 Å². The lowest BCUT2D eigenvalue weighted by Crippen LogP contribution is -2.17. The Labute approximate surface area is 133 Å². The van der Waals surface area contributed by atoms with Crippen molar-refractivity contribution in [1.82, 2.24) is 15.5 Å². The van der Waals surface area contributed by atoms with E-state index in [1.807, 2.05) is 0 Å². The Morgan fingerprint density at radius 1 is 1.48 bits per heavy atom. The van der Waals surface area contributed by atoms with E-state index >= 15 is 0 Å². The van der Waals surface area contributed by atoms with Crippen LogP contribution in [0.2, 0.25) is 0 Å². The van der Waals surface area contributed by atoms with Gasteiger partial charge >= 0.3 is 0 Å². The summed E-state index contributed by atoms with van der Waals surface area (Å²) in [5, 5.41) is 13.1. The highest BCUT2D eigenvalue weighted by Crippen LogP contribution is 2.26. The van der Waals surface area contributed by atoms with Crippen molar-refractivity contribution in [2.75, 3.05) is 25.0 Å². The van der Waals surface area contributed by atoms with Crippen molar-refractivity contribution in [3.63, 3.8) is 0 Å². The molecule has 0 spiro atoms. The molecule has 1 aromatic heterocycles. The number of nitrogens with one attached hydrogen (secondary N) is 3. The summed E-state index contributed by atoms with van der Waals surface area (Å²) in [7, 11) is 0. The summed E-state index contributed by atoms with van der Waals surface area (Å²) < 4.78 is 18.4. The number of halogens is 1. The van der Waals surface area contributed by atoms with Crippen LogP contribution in [0.5, 0.6) is 5.75 Å². The van der Waals surface area contributed by atoms with Crippen LogP contribution in [0, 0.1) is 5.82 Å². The molecule has 23 heavy (non-hydrogen) atoms. The van der Waals surface area contributed by atoms with Crippen LogP contribution in [0.15, 0.2) is 30.5 Å². The minimum atomic E-state index is -0.361. The zero-order chi connectivity index (χ0) is 16.1. The summed E-state index contributed by atoms with van der Waals surface area (Å²) in [6.07, 6.45) is 2.83. The van der Waals surface area contributed by atoms with Crippen LogP contribution in [-0.4, -0.2) is 35.8 Å². The quantitative estimate of drug-likeness (QED) is 0.761. The number of ether oxygens (including phenoxy) is 1. The standard InChI is InChI=1S/C16H19FN4O2/c17-12-2-1-3-13(8-12)23-7-5-15(22)20-14-10-19-21-16(14)11-4-6-18-9-11/h1-3,8,10-11,18H,4-7,9H2,(H,19,21)(H,20,22). The van der Waals surface area contributed by atoms with E-state index in [9.17, 15) is 9.18 Å². The third-order valence-corrected chi connectivity index (χ3v) is 3.81. The average Bonchev–Trinajstić information content (AvgIpc) is 3.18. The number of nitrogens with zero attached hydrogens (tertiary/aromatic N) is 1. The van der Waals surface area contributed by atoms with Gasteiger partial charge in [-0.1, -0.05) is 6.07 Å². The first kappa shape index (κ1) is 15.5. The molecule has 1 saturated heterocycles. The van der Waals surface area contributed by atoms with E-state index in [0.717, 1.165) is 30.9 Å². The number of rotatable bonds is 6.